The molecule has 8 heterocycles. The molecule has 12 aromatic carbocycles. The molecule has 0 saturated carbocycles. The fourth-order valence-corrected chi connectivity index (χ4v) is 20.9. The molecule has 132 heavy (non-hydrogen) atoms. The number of para-hydroxylation sites is 6. The van der Waals surface area contributed by atoms with Crippen molar-refractivity contribution in [3.05, 3.63) is 420 Å². The lowest BCUT2D eigenvalue weighted by atomic mass is 9.58. The zero-order valence-corrected chi connectivity index (χ0v) is 80.6. The van der Waals surface area contributed by atoms with Gasteiger partial charge in [0.1, 0.15) is 22.7 Å². The summed E-state index contributed by atoms with van der Waals surface area (Å²) in [6.45, 7) is 31.9. The molecule has 0 N–H and O–H groups in total. The van der Waals surface area contributed by atoms with Gasteiger partial charge in [0.15, 0.2) is 0 Å². The molecule has 656 valence electrons. The summed E-state index contributed by atoms with van der Waals surface area (Å²) >= 11 is 0. The number of aromatic nitrogens is 4. The number of hydrogen-bond acceptors (Lipinski definition) is 8. The zero-order chi connectivity index (χ0) is 92.4. The van der Waals surface area contributed by atoms with E-state index in [0.717, 1.165) is 11.5 Å². The van der Waals surface area contributed by atoms with Gasteiger partial charge in [0.25, 0.3) is 23.3 Å². The van der Waals surface area contributed by atoms with Crippen LogP contribution in [0.5, 0.6) is 0 Å². The standard InChI is InChI=1S/C37H31BN3.C31H35BN3.C26H33BN3.C22H25BN3/c1-28-16-14-25-34-37(28)41(35-26-12-13-27-39(35)2)38(40(34)31-21-10-5-11-22-31)36-32(29-17-6-3-7-18-29)23-15-24-33(36)30-19-8-4-9-20-30;1-22(2)26-17-13-18-27(23(3)4)30(26)32-34(25-15-8-7-9-16-25)28-19-12-14-24(5)31(28)35(32)29-20-10-11-21-33(29)6;1-18(2)21-13-11-14-22(19(3)4)25(21)27-29(7)23-15-10-12-20(5)26(23)30(27)24-16-8-9-17-28(24)6;1-16-10-8-11-17(2)21(16)23-25(5)19-13-9-12-18(3)22(19)26(23)20-14-6-7-15-24(20)4/h3-27H,1-2H3;7-23H,1-6H3;8-19H,1-7H3;6-15H,1-5H3/q4*+1. The number of benzene rings is 12. The van der Waals surface area contributed by atoms with Gasteiger partial charge in [-0.05, 0) is 230 Å². The molecule has 0 radical (unpaired) electrons. The zero-order valence-electron chi connectivity index (χ0n) is 80.6. The molecule has 4 aliphatic rings. The summed E-state index contributed by atoms with van der Waals surface area (Å²) in [5.74, 6) is 6.46. The highest BCUT2D eigenvalue weighted by Crippen LogP contribution is 2.52. The van der Waals surface area contributed by atoms with Gasteiger partial charge in [-0.3, -0.25) is 19.2 Å². The molecule has 20 rings (SSSR count). The van der Waals surface area contributed by atoms with Crippen molar-refractivity contribution in [1.82, 2.24) is 0 Å². The van der Waals surface area contributed by atoms with Gasteiger partial charge in [-0.25, -0.2) is 18.3 Å². The van der Waals surface area contributed by atoms with Crippen LogP contribution in [0.2, 0.25) is 0 Å². The van der Waals surface area contributed by atoms with Crippen LogP contribution >= 0.6 is 0 Å². The smallest absolute Gasteiger partial charge is 0.369 e. The van der Waals surface area contributed by atoms with Gasteiger partial charge in [-0.15, -0.1) is 0 Å². The largest absolute Gasteiger partial charge is 0.543 e. The van der Waals surface area contributed by atoms with E-state index in [2.05, 4.69) is 560 Å². The van der Waals surface area contributed by atoms with E-state index >= 15 is 0 Å². The molecule has 0 fully saturated rings. The number of hydrogen-bond donors (Lipinski definition) is 0. The third kappa shape index (κ3) is 16.8. The van der Waals surface area contributed by atoms with Crippen molar-refractivity contribution in [2.45, 2.75) is 121 Å². The first-order chi connectivity index (χ1) is 63.9. The molecule has 0 aliphatic carbocycles. The van der Waals surface area contributed by atoms with Crippen LogP contribution in [-0.4, -0.2) is 42.0 Å². The van der Waals surface area contributed by atoms with Gasteiger partial charge < -0.3 is 19.2 Å². The maximum Gasteiger partial charge on any atom is 0.543 e. The van der Waals surface area contributed by atoms with Crippen LogP contribution in [0, 0.1) is 41.5 Å². The second-order valence-corrected chi connectivity index (χ2v) is 37.2. The Morgan fingerprint density at radius 2 is 0.455 bits per heavy atom. The molecule has 0 amide bonds. The van der Waals surface area contributed by atoms with Crippen molar-refractivity contribution in [1.29, 1.82) is 0 Å². The molecule has 0 spiro atoms. The van der Waals surface area contributed by atoms with E-state index in [1.165, 1.54) is 168 Å². The number of aryl methyl sites for hydroxylation is 10. The summed E-state index contributed by atoms with van der Waals surface area (Å²) in [6, 6.07) is 123. The third-order valence-electron chi connectivity index (χ3n) is 27.2. The fraction of sp³-hybridized carbons (Fsp3) is 0.207. The van der Waals surface area contributed by atoms with Crippen molar-refractivity contribution in [2.24, 2.45) is 28.2 Å². The second kappa shape index (κ2) is 38.5. The number of nitrogens with zero attached hydrogens (tertiary/aromatic N) is 12. The molecule has 12 nitrogen and oxygen atoms in total. The highest BCUT2D eigenvalue weighted by Gasteiger charge is 2.58. The first-order valence-electron chi connectivity index (χ1n) is 47.0. The molecule has 0 saturated heterocycles. The van der Waals surface area contributed by atoms with Crippen LogP contribution in [0.1, 0.15) is 135 Å². The predicted octanol–water partition coefficient (Wildman–Crippen LogP) is 23.1. The van der Waals surface area contributed by atoms with Crippen LogP contribution < -0.4 is 78.6 Å². The number of anilines is 14. The Morgan fingerprint density at radius 1 is 0.212 bits per heavy atom. The molecule has 4 aliphatic heterocycles. The molecule has 16 aromatic rings. The molecular weight excluding hydrogens is 1600 g/mol. The van der Waals surface area contributed by atoms with E-state index < -0.39 is 0 Å². The minimum atomic E-state index is -0.145. The van der Waals surface area contributed by atoms with E-state index in [0.29, 0.717) is 23.7 Å². The Balaban J connectivity index is 0.000000125. The SMILES string of the molecule is Cc1cccc(C)c1B1N(C)c2cccc(C)c2N1c1cccc[n+]1C.Cc1cccc2c1N(c1cccc[n+]1C)B(c1c(-c3ccccc3)cccc1-c1ccccc1)N2c1ccccc1.Cc1cccc2c1N(c1cccc[n+]1C)B(c1c(C(C)C)cccc1C(C)C)N2C.Cc1cccc2c1N(c1cccc[n+]1C)B(c1c(C(C)C)cccc1C(C)C)N2c1ccccc1. The van der Waals surface area contributed by atoms with Gasteiger partial charge in [0.05, 0.1) is 75.7 Å². The molecule has 0 atom stereocenters. The van der Waals surface area contributed by atoms with Gasteiger partial charge in [-0.1, -0.05) is 298 Å². The summed E-state index contributed by atoms with van der Waals surface area (Å²) in [6.07, 6.45) is 8.54. The maximum absolute atomic E-state index is 2.56. The first kappa shape index (κ1) is 89.9. The summed E-state index contributed by atoms with van der Waals surface area (Å²) < 4.78 is 8.90. The van der Waals surface area contributed by atoms with Crippen LogP contribution in [0.25, 0.3) is 22.3 Å². The fourth-order valence-electron chi connectivity index (χ4n) is 20.9. The van der Waals surface area contributed by atoms with E-state index in [4.69, 9.17) is 0 Å². The Bertz CT molecular complexity index is 6700. The Hall–Kier alpha value is -14.1. The third-order valence-corrected chi connectivity index (χ3v) is 27.2. The average molecular weight is 1730 g/mol. The number of fused-ring (bicyclic) bond motifs is 4. The molecule has 16 heteroatoms. The quantitative estimate of drug-likeness (QED) is 0.0700. The van der Waals surface area contributed by atoms with Gasteiger partial charge in [0, 0.05) is 57.5 Å². The minimum Gasteiger partial charge on any atom is -0.369 e. The summed E-state index contributed by atoms with van der Waals surface area (Å²) in [7, 11) is 13.0. The lowest BCUT2D eigenvalue weighted by molar-refractivity contribution is -0.658. The minimum absolute atomic E-state index is 0.00176. The summed E-state index contributed by atoms with van der Waals surface area (Å²) in [4.78, 5) is 20.0. The monoisotopic (exact) mass is 1730 g/mol. The summed E-state index contributed by atoms with van der Waals surface area (Å²) in [5, 5.41) is 0. The molecule has 0 bridgehead atoms. The van der Waals surface area contributed by atoms with Crippen molar-refractivity contribution in [2.75, 3.05) is 52.6 Å². The van der Waals surface area contributed by atoms with Gasteiger partial charge in [0.2, 0.25) is 0 Å². The lowest BCUT2D eigenvalue weighted by Crippen LogP contribution is -2.58. The molecule has 0 unspecified atom stereocenters. The average Bonchev–Trinajstić information content (AvgIpc) is 1.57. The first-order valence-corrected chi connectivity index (χ1v) is 47.0. The van der Waals surface area contributed by atoms with Gasteiger partial charge >= 0.3 is 27.9 Å². The van der Waals surface area contributed by atoms with E-state index in [-0.39, 0.29) is 27.9 Å². The molecule has 4 aromatic heterocycles. The number of rotatable bonds is 16. The number of pyridine rings is 4. The second-order valence-electron chi connectivity index (χ2n) is 37.2. The van der Waals surface area contributed by atoms with Crippen molar-refractivity contribution >= 4 is 130 Å². The van der Waals surface area contributed by atoms with E-state index in [1.54, 1.807) is 0 Å². The van der Waals surface area contributed by atoms with Crippen molar-refractivity contribution in [3.8, 4) is 22.3 Å². The highest BCUT2D eigenvalue weighted by molar-refractivity contribution is 6.87. The van der Waals surface area contributed by atoms with Crippen LogP contribution in [0.3, 0.4) is 0 Å². The van der Waals surface area contributed by atoms with Gasteiger partial charge in [-0.2, -0.15) is 0 Å². The van der Waals surface area contributed by atoms with Crippen LogP contribution in [0.15, 0.2) is 365 Å². The van der Waals surface area contributed by atoms with Crippen molar-refractivity contribution < 1.29 is 18.3 Å². The Morgan fingerprint density at radius 3 is 0.773 bits per heavy atom. The van der Waals surface area contributed by atoms with Crippen molar-refractivity contribution in [3.63, 3.8) is 0 Å². The van der Waals surface area contributed by atoms with E-state index in [1.807, 2.05) is 0 Å². The van der Waals surface area contributed by atoms with Crippen LogP contribution in [0.4, 0.5) is 80.1 Å². The van der Waals surface area contributed by atoms with Crippen LogP contribution in [-0.2, 0) is 28.2 Å². The highest BCUT2D eigenvalue weighted by atomic mass is 15.4. The lowest BCUT2D eigenvalue weighted by Gasteiger charge is -2.29. The Kier molecular flexibility index (Phi) is 26.2. The van der Waals surface area contributed by atoms with E-state index in [9.17, 15) is 0 Å². The summed E-state index contributed by atoms with van der Waals surface area (Å²) in [5.41, 5.74) is 36.4. The maximum atomic E-state index is 2.56. The molecular formula is C116H124B4N12+4. The Labute approximate surface area is 786 Å². The normalized spacial score (nSPS) is 13.1. The topological polar surface area (TPSA) is 41.4 Å². The predicted molar refractivity (Wildman–Crippen MR) is 562 cm³/mol.